The number of benzene rings is 3. The summed E-state index contributed by atoms with van der Waals surface area (Å²) in [5.41, 5.74) is 3.71. The molecule has 0 heterocycles. The lowest BCUT2D eigenvalue weighted by Gasteiger charge is -2.13. The fourth-order valence-corrected chi connectivity index (χ4v) is 4.35. The van der Waals surface area contributed by atoms with E-state index in [9.17, 15) is 13.2 Å². The van der Waals surface area contributed by atoms with Crippen LogP contribution in [0.1, 0.15) is 36.0 Å². The third-order valence-corrected chi connectivity index (χ3v) is 6.41. The summed E-state index contributed by atoms with van der Waals surface area (Å²) in [6.07, 6.45) is 3.16. The van der Waals surface area contributed by atoms with Gasteiger partial charge >= 0.3 is 0 Å². The smallest absolute Gasteiger partial charge is 0.261 e. The fraction of sp³-hybridized carbons (Fsp3) is 0.240. The molecule has 0 aromatic heterocycles. The molecular weight excluding hydrogens is 408 g/mol. The molecule has 0 bridgehead atoms. The van der Waals surface area contributed by atoms with Gasteiger partial charge in [0.1, 0.15) is 0 Å². The molecule has 5 nitrogen and oxygen atoms in total. The fourth-order valence-electron chi connectivity index (χ4n) is 3.23. The molecule has 0 saturated heterocycles. The minimum Gasteiger partial charge on any atom is -0.352 e. The average molecular weight is 437 g/mol. The summed E-state index contributed by atoms with van der Waals surface area (Å²) >= 11 is 0. The highest BCUT2D eigenvalue weighted by atomic mass is 32.2. The van der Waals surface area contributed by atoms with E-state index in [1.165, 1.54) is 11.1 Å². The van der Waals surface area contributed by atoms with Crippen molar-refractivity contribution in [2.45, 2.75) is 44.0 Å². The number of carbonyl (C=O) groups excluding carboxylic acids is 1. The van der Waals surface area contributed by atoms with Crippen LogP contribution in [0.3, 0.4) is 0 Å². The molecule has 0 aliphatic rings. The molecular formula is C25H28N2O3S. The van der Waals surface area contributed by atoms with Gasteiger partial charge in [-0.2, -0.15) is 0 Å². The summed E-state index contributed by atoms with van der Waals surface area (Å²) in [5.74, 6) is -0.0374. The molecule has 0 aliphatic heterocycles. The molecule has 0 radical (unpaired) electrons. The summed E-state index contributed by atoms with van der Waals surface area (Å²) in [6.45, 7) is 2.34. The highest BCUT2D eigenvalue weighted by molar-refractivity contribution is 7.92. The van der Waals surface area contributed by atoms with Gasteiger partial charge in [-0.25, -0.2) is 8.42 Å². The van der Waals surface area contributed by atoms with Gasteiger partial charge in [0.05, 0.1) is 10.6 Å². The predicted octanol–water partition coefficient (Wildman–Crippen LogP) is 4.83. The highest BCUT2D eigenvalue weighted by Gasteiger charge is 2.15. The Balaban J connectivity index is 1.49. The number of unbranched alkanes of at least 4 members (excludes halogenated alkanes) is 1. The summed E-state index contributed by atoms with van der Waals surface area (Å²) in [5, 5.41) is 2.90. The standard InChI is InChI=1S/C25H28N2O3S/c1-20-15-17-21(18-16-20)9-5-8-14-25(28)26-19-22-10-6-7-13-24(22)27-31(29,30)23-11-3-2-4-12-23/h2-4,6-7,10-13,15-18,27H,5,8-9,14,19H2,1H3,(H,26,28). The number of sulfonamides is 1. The number of para-hydroxylation sites is 1. The number of rotatable bonds is 10. The van der Waals surface area contributed by atoms with Crippen LogP contribution in [0.25, 0.3) is 0 Å². The third kappa shape index (κ3) is 6.96. The van der Waals surface area contributed by atoms with E-state index in [2.05, 4.69) is 41.2 Å². The number of hydrogen-bond acceptors (Lipinski definition) is 3. The maximum absolute atomic E-state index is 12.6. The second-order valence-electron chi connectivity index (χ2n) is 7.55. The van der Waals surface area contributed by atoms with E-state index in [4.69, 9.17) is 0 Å². The summed E-state index contributed by atoms with van der Waals surface area (Å²) < 4.78 is 27.8. The van der Waals surface area contributed by atoms with Crippen molar-refractivity contribution in [3.8, 4) is 0 Å². The van der Waals surface area contributed by atoms with E-state index in [1.54, 1.807) is 48.5 Å². The van der Waals surface area contributed by atoms with E-state index in [1.807, 2.05) is 6.07 Å². The van der Waals surface area contributed by atoms with Crippen molar-refractivity contribution in [1.82, 2.24) is 5.32 Å². The van der Waals surface area contributed by atoms with Crippen LogP contribution in [0.4, 0.5) is 5.69 Å². The van der Waals surface area contributed by atoms with Crippen LogP contribution >= 0.6 is 0 Å². The summed E-state index contributed by atoms with van der Waals surface area (Å²) in [4.78, 5) is 12.4. The lowest BCUT2D eigenvalue weighted by molar-refractivity contribution is -0.121. The molecule has 162 valence electrons. The van der Waals surface area contributed by atoms with Gasteiger partial charge in [-0.05, 0) is 55.5 Å². The first-order chi connectivity index (χ1) is 14.9. The van der Waals surface area contributed by atoms with Crippen molar-refractivity contribution in [3.63, 3.8) is 0 Å². The van der Waals surface area contributed by atoms with E-state index in [0.717, 1.165) is 24.8 Å². The largest absolute Gasteiger partial charge is 0.352 e. The number of hydrogen-bond donors (Lipinski definition) is 2. The molecule has 0 fully saturated rings. The van der Waals surface area contributed by atoms with Crippen LogP contribution in [0, 0.1) is 6.92 Å². The summed E-state index contributed by atoms with van der Waals surface area (Å²) in [7, 11) is -3.68. The lowest BCUT2D eigenvalue weighted by Crippen LogP contribution is -2.23. The third-order valence-electron chi connectivity index (χ3n) is 5.03. The Labute approximate surface area is 184 Å². The zero-order valence-corrected chi connectivity index (χ0v) is 18.5. The predicted molar refractivity (Wildman–Crippen MR) is 124 cm³/mol. The minimum atomic E-state index is -3.68. The van der Waals surface area contributed by atoms with Gasteiger partial charge in [-0.15, -0.1) is 0 Å². The van der Waals surface area contributed by atoms with Gasteiger partial charge < -0.3 is 5.32 Å². The number of anilines is 1. The van der Waals surface area contributed by atoms with Crippen molar-refractivity contribution >= 4 is 21.6 Å². The van der Waals surface area contributed by atoms with Crippen LogP contribution in [0.15, 0.2) is 83.8 Å². The minimum absolute atomic E-state index is 0.0374. The van der Waals surface area contributed by atoms with Gasteiger partial charge in [0.2, 0.25) is 5.91 Å². The number of carbonyl (C=O) groups is 1. The van der Waals surface area contributed by atoms with E-state index < -0.39 is 10.0 Å². The SMILES string of the molecule is Cc1ccc(CCCCC(=O)NCc2ccccc2NS(=O)(=O)c2ccccc2)cc1. The Kier molecular flexibility index (Phi) is 7.84. The zero-order chi connectivity index (χ0) is 22.1. The van der Waals surface area contributed by atoms with Gasteiger partial charge in [0, 0.05) is 13.0 Å². The van der Waals surface area contributed by atoms with E-state index in [-0.39, 0.29) is 17.3 Å². The molecule has 6 heteroatoms. The topological polar surface area (TPSA) is 75.3 Å². The first-order valence-corrected chi connectivity index (χ1v) is 11.9. The van der Waals surface area contributed by atoms with E-state index in [0.29, 0.717) is 12.1 Å². The van der Waals surface area contributed by atoms with Gasteiger partial charge in [0.15, 0.2) is 0 Å². The second kappa shape index (κ2) is 10.8. The molecule has 0 unspecified atom stereocenters. The average Bonchev–Trinajstić information content (AvgIpc) is 2.78. The molecule has 0 aliphatic carbocycles. The first kappa shape index (κ1) is 22.6. The van der Waals surface area contributed by atoms with Crippen LogP contribution in [-0.4, -0.2) is 14.3 Å². The molecule has 1 amide bonds. The Morgan fingerprint density at radius 3 is 2.26 bits per heavy atom. The van der Waals surface area contributed by atoms with Crippen molar-refractivity contribution in [2.24, 2.45) is 0 Å². The Morgan fingerprint density at radius 1 is 0.839 bits per heavy atom. The molecule has 0 atom stereocenters. The van der Waals surface area contributed by atoms with Crippen LogP contribution in [0.5, 0.6) is 0 Å². The molecule has 3 aromatic rings. The van der Waals surface area contributed by atoms with Crippen molar-refractivity contribution < 1.29 is 13.2 Å². The monoisotopic (exact) mass is 436 g/mol. The highest BCUT2D eigenvalue weighted by Crippen LogP contribution is 2.20. The van der Waals surface area contributed by atoms with Crippen molar-refractivity contribution in [3.05, 3.63) is 95.6 Å². The van der Waals surface area contributed by atoms with Crippen molar-refractivity contribution in [2.75, 3.05) is 4.72 Å². The lowest BCUT2D eigenvalue weighted by atomic mass is 10.1. The molecule has 3 rings (SSSR count). The molecule has 2 N–H and O–H groups in total. The van der Waals surface area contributed by atoms with Crippen LogP contribution < -0.4 is 10.0 Å². The van der Waals surface area contributed by atoms with Crippen molar-refractivity contribution in [1.29, 1.82) is 0 Å². The maximum atomic E-state index is 12.6. The maximum Gasteiger partial charge on any atom is 0.261 e. The Bertz CT molecular complexity index is 1100. The Hall–Kier alpha value is -3.12. The molecule has 0 spiro atoms. The second-order valence-corrected chi connectivity index (χ2v) is 9.23. The van der Waals surface area contributed by atoms with Crippen LogP contribution in [-0.2, 0) is 27.8 Å². The normalized spacial score (nSPS) is 11.1. The molecule has 0 saturated carbocycles. The Morgan fingerprint density at radius 2 is 1.52 bits per heavy atom. The van der Waals surface area contributed by atoms with E-state index >= 15 is 0 Å². The summed E-state index contributed by atoms with van der Waals surface area (Å²) in [6, 6.07) is 23.8. The van der Waals surface area contributed by atoms with Gasteiger partial charge in [-0.1, -0.05) is 66.2 Å². The number of nitrogens with one attached hydrogen (secondary N) is 2. The molecule has 31 heavy (non-hydrogen) atoms. The van der Waals surface area contributed by atoms with Gasteiger partial charge in [-0.3, -0.25) is 9.52 Å². The number of aryl methyl sites for hydroxylation is 2. The first-order valence-electron chi connectivity index (χ1n) is 10.4. The zero-order valence-electron chi connectivity index (χ0n) is 17.7. The van der Waals surface area contributed by atoms with Crippen LogP contribution in [0.2, 0.25) is 0 Å². The van der Waals surface area contributed by atoms with Gasteiger partial charge in [0.25, 0.3) is 10.0 Å². The molecule has 3 aromatic carbocycles. The number of amides is 1. The quantitative estimate of drug-likeness (QED) is 0.447.